The summed E-state index contributed by atoms with van der Waals surface area (Å²) in [7, 11) is 3.03. The molecule has 5 N–H and O–H groups in total. The van der Waals surface area contributed by atoms with Crippen molar-refractivity contribution in [2.75, 3.05) is 26.1 Å². The number of nitrogens with one attached hydrogen (secondary N) is 3. The van der Waals surface area contributed by atoms with E-state index < -0.39 is 12.0 Å². The lowest BCUT2D eigenvalue weighted by Gasteiger charge is -2.14. The largest absolute Gasteiger partial charge is 0.446 e. The number of anilines is 1. The molecule has 0 aliphatic heterocycles. The zero-order chi connectivity index (χ0) is 21.4. The lowest BCUT2D eigenvalue weighted by molar-refractivity contribution is -0.110. The fraction of sp³-hybridized carbons (Fsp3) is 0.579. The molecule has 0 saturated heterocycles. The van der Waals surface area contributed by atoms with Gasteiger partial charge in [0, 0.05) is 43.6 Å². The van der Waals surface area contributed by atoms with Gasteiger partial charge >= 0.3 is 6.09 Å². The van der Waals surface area contributed by atoms with E-state index in [9.17, 15) is 9.59 Å². The smallest absolute Gasteiger partial charge is 0.407 e. The molecule has 2 amide bonds. The van der Waals surface area contributed by atoms with Crippen LogP contribution in [0.15, 0.2) is 22.8 Å². The number of hydrogen-bond donors (Lipinski definition) is 4. The van der Waals surface area contributed by atoms with E-state index in [4.69, 9.17) is 15.2 Å². The second kappa shape index (κ2) is 10.6. The Morgan fingerprint density at radius 1 is 1.45 bits per heavy atom. The summed E-state index contributed by atoms with van der Waals surface area (Å²) in [6.45, 7) is 3.98. The molecule has 2 atom stereocenters. The molecule has 2 unspecified atom stereocenters. The SMILES string of the molecule is CN=C(/C=C(\N)COC)C(=O)Nc1cc(C2CCC(OC(=O)NC(C)C)C2)[nH]n1. The van der Waals surface area contributed by atoms with Crippen molar-refractivity contribution in [1.29, 1.82) is 0 Å². The number of aromatic nitrogens is 2. The molecule has 10 nitrogen and oxygen atoms in total. The van der Waals surface area contributed by atoms with Crippen molar-refractivity contribution in [3.05, 3.63) is 23.5 Å². The molecule has 1 saturated carbocycles. The molecule has 1 heterocycles. The van der Waals surface area contributed by atoms with Gasteiger partial charge in [-0.1, -0.05) is 0 Å². The van der Waals surface area contributed by atoms with Crippen LogP contribution in [0.3, 0.4) is 0 Å². The zero-order valence-corrected chi connectivity index (χ0v) is 17.3. The van der Waals surface area contributed by atoms with E-state index in [1.807, 2.05) is 13.8 Å². The number of carbonyl (C=O) groups excluding carboxylic acids is 2. The van der Waals surface area contributed by atoms with Crippen molar-refractivity contribution in [3.63, 3.8) is 0 Å². The van der Waals surface area contributed by atoms with E-state index in [-0.39, 0.29) is 30.4 Å². The molecular weight excluding hydrogens is 376 g/mol. The molecule has 0 radical (unpaired) electrons. The van der Waals surface area contributed by atoms with Crippen LogP contribution >= 0.6 is 0 Å². The third-order valence-corrected chi connectivity index (χ3v) is 4.45. The van der Waals surface area contributed by atoms with Gasteiger partial charge in [-0.15, -0.1) is 0 Å². The van der Waals surface area contributed by atoms with Crippen molar-refractivity contribution < 1.29 is 19.1 Å². The van der Waals surface area contributed by atoms with E-state index in [2.05, 4.69) is 25.8 Å². The molecule has 0 bridgehead atoms. The first-order valence-electron chi connectivity index (χ1n) is 9.58. The zero-order valence-electron chi connectivity index (χ0n) is 17.3. The number of alkyl carbamates (subject to hydrolysis) is 1. The molecule has 2 rings (SSSR count). The van der Waals surface area contributed by atoms with Gasteiger partial charge in [0.25, 0.3) is 5.91 Å². The molecule has 0 aromatic carbocycles. The summed E-state index contributed by atoms with van der Waals surface area (Å²) < 4.78 is 10.4. The van der Waals surface area contributed by atoms with E-state index in [0.717, 1.165) is 18.5 Å². The molecule has 10 heteroatoms. The third-order valence-electron chi connectivity index (χ3n) is 4.45. The van der Waals surface area contributed by atoms with Crippen LogP contribution in [-0.2, 0) is 14.3 Å². The Hall–Kier alpha value is -2.88. The number of carbonyl (C=O) groups is 2. The number of hydrogen-bond acceptors (Lipinski definition) is 7. The summed E-state index contributed by atoms with van der Waals surface area (Å²) in [6.07, 6.45) is 3.30. The minimum Gasteiger partial charge on any atom is -0.446 e. The molecule has 160 valence electrons. The number of methoxy groups -OCH3 is 1. The molecule has 0 spiro atoms. The molecule has 1 aliphatic carbocycles. The van der Waals surface area contributed by atoms with Crippen molar-refractivity contribution in [2.24, 2.45) is 10.7 Å². The van der Waals surface area contributed by atoms with Gasteiger partial charge in [0.15, 0.2) is 5.82 Å². The molecule has 1 aromatic heterocycles. The number of nitrogens with zero attached hydrogens (tertiary/aromatic N) is 2. The minimum absolute atomic E-state index is 0.0368. The first-order chi connectivity index (χ1) is 13.8. The second-order valence-corrected chi connectivity index (χ2v) is 7.26. The Balaban J connectivity index is 1.91. The fourth-order valence-electron chi connectivity index (χ4n) is 3.16. The highest BCUT2D eigenvalue weighted by Gasteiger charge is 2.30. The molecule has 1 aromatic rings. The Kier molecular flexibility index (Phi) is 8.20. The molecule has 1 fully saturated rings. The first kappa shape index (κ1) is 22.4. The number of aromatic amines is 1. The normalized spacial score (nSPS) is 20.0. The highest BCUT2D eigenvalue weighted by molar-refractivity contribution is 6.47. The maximum Gasteiger partial charge on any atom is 0.407 e. The van der Waals surface area contributed by atoms with Gasteiger partial charge in [0.2, 0.25) is 0 Å². The predicted octanol–water partition coefficient (Wildman–Crippen LogP) is 1.68. The van der Waals surface area contributed by atoms with Gasteiger partial charge < -0.3 is 25.8 Å². The monoisotopic (exact) mass is 406 g/mol. The van der Waals surface area contributed by atoms with Crippen molar-refractivity contribution in [3.8, 4) is 0 Å². The second-order valence-electron chi connectivity index (χ2n) is 7.26. The van der Waals surface area contributed by atoms with Crippen LogP contribution < -0.4 is 16.4 Å². The number of rotatable bonds is 8. The van der Waals surface area contributed by atoms with Crippen LogP contribution in [-0.4, -0.2) is 60.8 Å². The van der Waals surface area contributed by atoms with E-state index in [1.54, 1.807) is 6.07 Å². The standard InChI is InChI=1S/C19H30N6O4/c1-11(2)22-19(27)29-14-6-5-12(7-14)15-9-17(25-24-15)23-18(26)16(21-3)8-13(20)10-28-4/h8-9,11-12,14H,5-7,10,20H2,1-4H3,(H,22,27)(H2,23,24,25,26)/b13-8-,21-16?. The lowest BCUT2D eigenvalue weighted by atomic mass is 10.0. The van der Waals surface area contributed by atoms with Crippen LogP contribution in [0.1, 0.15) is 44.7 Å². The quantitative estimate of drug-likeness (QED) is 0.484. The van der Waals surface area contributed by atoms with E-state index >= 15 is 0 Å². The van der Waals surface area contributed by atoms with Crippen LogP contribution in [0.4, 0.5) is 10.6 Å². The first-order valence-corrected chi connectivity index (χ1v) is 9.58. The number of amides is 2. The molecule has 1 aliphatic rings. The Bertz CT molecular complexity index is 771. The van der Waals surface area contributed by atoms with Crippen molar-refractivity contribution in [1.82, 2.24) is 15.5 Å². The van der Waals surface area contributed by atoms with Crippen LogP contribution in [0.5, 0.6) is 0 Å². The summed E-state index contributed by atoms with van der Waals surface area (Å²) in [5.74, 6) is 0.163. The maximum absolute atomic E-state index is 12.4. The topological polar surface area (TPSA) is 144 Å². The van der Waals surface area contributed by atoms with E-state index in [0.29, 0.717) is 17.9 Å². The molecular formula is C19H30N6O4. The third kappa shape index (κ3) is 6.90. The van der Waals surface area contributed by atoms with Crippen LogP contribution in [0, 0.1) is 0 Å². The number of ether oxygens (including phenoxy) is 2. The van der Waals surface area contributed by atoms with Gasteiger partial charge in [-0.25, -0.2) is 4.79 Å². The van der Waals surface area contributed by atoms with Gasteiger partial charge in [0.05, 0.1) is 6.61 Å². The minimum atomic E-state index is -0.414. The molecule has 29 heavy (non-hydrogen) atoms. The summed E-state index contributed by atoms with van der Waals surface area (Å²) >= 11 is 0. The number of H-pyrrole nitrogens is 1. The fourth-order valence-corrected chi connectivity index (χ4v) is 3.16. The number of nitrogens with two attached hydrogens (primary N) is 1. The number of aliphatic imine (C=N–C) groups is 1. The maximum atomic E-state index is 12.4. The Labute approximate surface area is 170 Å². The Morgan fingerprint density at radius 3 is 2.86 bits per heavy atom. The van der Waals surface area contributed by atoms with Gasteiger partial charge in [-0.05, 0) is 39.2 Å². The van der Waals surface area contributed by atoms with Crippen LogP contribution in [0.2, 0.25) is 0 Å². The van der Waals surface area contributed by atoms with Crippen molar-refractivity contribution in [2.45, 2.75) is 51.2 Å². The highest BCUT2D eigenvalue weighted by atomic mass is 16.6. The van der Waals surface area contributed by atoms with Gasteiger partial charge in [-0.3, -0.25) is 14.9 Å². The predicted molar refractivity (Wildman–Crippen MR) is 110 cm³/mol. The van der Waals surface area contributed by atoms with Gasteiger partial charge in [0.1, 0.15) is 11.8 Å². The highest BCUT2D eigenvalue weighted by Crippen LogP contribution is 2.35. The average molecular weight is 406 g/mol. The average Bonchev–Trinajstić information content (AvgIpc) is 3.28. The summed E-state index contributed by atoms with van der Waals surface area (Å²) in [5, 5.41) is 12.5. The van der Waals surface area contributed by atoms with Crippen molar-refractivity contribution >= 4 is 23.5 Å². The summed E-state index contributed by atoms with van der Waals surface area (Å²) in [6, 6.07) is 1.82. The van der Waals surface area contributed by atoms with Gasteiger partial charge in [-0.2, -0.15) is 5.10 Å². The Morgan fingerprint density at radius 2 is 2.21 bits per heavy atom. The van der Waals surface area contributed by atoms with Crippen LogP contribution in [0.25, 0.3) is 0 Å². The summed E-state index contributed by atoms with van der Waals surface area (Å²) in [5.41, 5.74) is 7.22. The lowest BCUT2D eigenvalue weighted by Crippen LogP contribution is -2.33. The van der Waals surface area contributed by atoms with E-state index in [1.165, 1.54) is 20.2 Å². The summed E-state index contributed by atoms with van der Waals surface area (Å²) in [4.78, 5) is 28.1.